The van der Waals surface area contributed by atoms with Gasteiger partial charge in [-0.05, 0) is 0 Å². The molecule has 0 atom stereocenters. The van der Waals surface area contributed by atoms with Gasteiger partial charge in [0, 0.05) is 0 Å². The molecule has 0 amide bonds. The summed E-state index contributed by atoms with van der Waals surface area (Å²) >= 11 is 0. The summed E-state index contributed by atoms with van der Waals surface area (Å²) in [5, 5.41) is 0. The van der Waals surface area contributed by atoms with E-state index in [1.165, 1.54) is 0 Å². The zero-order chi connectivity index (χ0) is 2.00. The number of rotatable bonds is 0. The third-order valence-electron chi connectivity index (χ3n) is 0. The van der Waals surface area contributed by atoms with Gasteiger partial charge in [0.25, 0.3) is 0 Å². The van der Waals surface area contributed by atoms with Crippen LogP contribution < -0.4 is 0 Å². The van der Waals surface area contributed by atoms with E-state index in [0.717, 1.165) is 0 Å². The van der Waals surface area contributed by atoms with E-state index in [9.17, 15) is 0 Å². The molecule has 1 nitrogen and oxygen atoms in total. The molecule has 0 aliphatic heterocycles. The summed E-state index contributed by atoms with van der Waals surface area (Å²) in [6.07, 6.45) is 0. The van der Waals surface area contributed by atoms with Crippen LogP contribution >= 0.6 is 0 Å². The maximum atomic E-state index is 8.28. The standard InChI is InChI=1S/Ca.Mg.H2OSi.4H/c;;1-2;;;;/h;;2H2;;;;/q2*+2;;4*-1. The summed E-state index contributed by atoms with van der Waals surface area (Å²) in [4.78, 5) is 0. The minimum atomic E-state index is 0. The molecule has 20 valence electrons. The molecule has 0 aromatic carbocycles. The largest absolute Gasteiger partial charge is 2.00 e. The first kappa shape index (κ1) is 16.6. The van der Waals surface area contributed by atoms with Crippen LogP contribution in [0.5, 0.6) is 0 Å². The average molecular weight is 115 g/mol. The molecular formula is H6CaMgOSi. The second kappa shape index (κ2) is 19.8. The van der Waals surface area contributed by atoms with Crippen molar-refractivity contribution in [3.8, 4) is 0 Å². The Morgan fingerprint density at radius 2 is 1.50 bits per heavy atom. The monoisotopic (exact) mass is 114 g/mol. The Kier molecular flexibility index (Phi) is 82.0. The van der Waals surface area contributed by atoms with Crippen molar-refractivity contribution >= 4 is 70.9 Å². The van der Waals surface area contributed by atoms with Gasteiger partial charge in [-0.3, -0.25) is 0 Å². The molecule has 0 saturated heterocycles. The Labute approximate surface area is 80.1 Å². The van der Waals surface area contributed by atoms with Crippen molar-refractivity contribution in [1.82, 2.24) is 0 Å². The normalized spacial score (nSPS) is 1.00. The van der Waals surface area contributed by atoms with Gasteiger partial charge in [-0.2, -0.15) is 0 Å². The third kappa shape index (κ3) is 8.97. The van der Waals surface area contributed by atoms with Crippen molar-refractivity contribution < 1.29 is 10.2 Å². The van der Waals surface area contributed by atoms with Crippen LogP contribution in [0.15, 0.2) is 0 Å². The Bertz CT molecular complexity index is 16.0. The molecule has 0 aliphatic carbocycles. The molecule has 0 unspecified atom stereocenters. The van der Waals surface area contributed by atoms with Gasteiger partial charge >= 0.3 is 60.8 Å². The van der Waals surface area contributed by atoms with Crippen LogP contribution in [0.1, 0.15) is 5.71 Å². The van der Waals surface area contributed by atoms with Crippen molar-refractivity contribution in [1.29, 1.82) is 0 Å². The van der Waals surface area contributed by atoms with Crippen LogP contribution in [0.4, 0.5) is 0 Å². The molecule has 4 heteroatoms. The molecule has 0 saturated carbocycles. The van der Waals surface area contributed by atoms with Crippen LogP contribution in [0, 0.1) is 0 Å². The van der Waals surface area contributed by atoms with Crippen LogP contribution in [0.3, 0.4) is 0 Å². The quantitative estimate of drug-likeness (QED) is 0.356. The van der Waals surface area contributed by atoms with Gasteiger partial charge in [-0.1, -0.05) is 0 Å². The first-order valence-electron chi connectivity index (χ1n) is 0.289. The maximum absolute atomic E-state index is 8.28. The molecule has 0 radical (unpaired) electrons. The molecule has 0 aliphatic rings. The van der Waals surface area contributed by atoms with E-state index in [1.807, 2.05) is 0 Å². The molecule has 0 aromatic rings. The molecular weight excluding hydrogens is 108 g/mol. The maximum Gasteiger partial charge on any atom is 2.00 e. The Morgan fingerprint density at radius 1 is 1.50 bits per heavy atom. The van der Waals surface area contributed by atoms with Crippen molar-refractivity contribution in [2.75, 3.05) is 0 Å². The molecule has 0 aromatic heterocycles. The fourth-order valence-corrected chi connectivity index (χ4v) is 0. The molecule has 0 fully saturated rings. The van der Waals surface area contributed by atoms with Gasteiger partial charge in [0.1, 0.15) is 0 Å². The van der Waals surface area contributed by atoms with Gasteiger partial charge in [0.2, 0.25) is 10.1 Å². The zero-order valence-corrected chi connectivity index (χ0v) is 7.57. The van der Waals surface area contributed by atoms with E-state index < -0.39 is 0 Å². The Hall–Kier alpha value is 2.04. The van der Waals surface area contributed by atoms with E-state index in [1.54, 1.807) is 0 Å². The predicted octanol–water partition coefficient (Wildman–Crippen LogP) is -1.35. The summed E-state index contributed by atoms with van der Waals surface area (Å²) in [6.45, 7) is 0. The van der Waals surface area contributed by atoms with Crippen molar-refractivity contribution in [2.24, 2.45) is 0 Å². The van der Waals surface area contributed by atoms with Gasteiger partial charge in [0.05, 0.1) is 0 Å². The topological polar surface area (TPSA) is 17.1 Å². The van der Waals surface area contributed by atoms with Crippen molar-refractivity contribution in [2.45, 2.75) is 0 Å². The van der Waals surface area contributed by atoms with Gasteiger partial charge in [-0.15, -0.1) is 0 Å². The smallest absolute Gasteiger partial charge is 1.00 e. The third-order valence-corrected chi connectivity index (χ3v) is 0. The Balaban J connectivity index is -0.000000000333. The first-order valence-corrected chi connectivity index (χ1v) is 0.866. The molecule has 0 N–H and O–H groups in total. The van der Waals surface area contributed by atoms with Crippen LogP contribution in [-0.2, 0) is 4.46 Å². The second-order valence-electron chi connectivity index (χ2n) is 0. The summed E-state index contributed by atoms with van der Waals surface area (Å²) in [5.74, 6) is 0. The fourth-order valence-electron chi connectivity index (χ4n) is 0. The number of hydrogen-bond donors (Lipinski definition) is 0. The van der Waals surface area contributed by atoms with Crippen molar-refractivity contribution in [3.63, 3.8) is 0 Å². The van der Waals surface area contributed by atoms with Gasteiger partial charge < -0.3 is 10.2 Å². The summed E-state index contributed by atoms with van der Waals surface area (Å²) < 4.78 is 8.28. The summed E-state index contributed by atoms with van der Waals surface area (Å²) in [6, 6.07) is 0. The van der Waals surface area contributed by atoms with E-state index in [2.05, 4.69) is 0 Å². The molecule has 4 heavy (non-hydrogen) atoms. The van der Waals surface area contributed by atoms with E-state index in [-0.39, 0.29) is 66.5 Å². The van der Waals surface area contributed by atoms with E-state index in [0.29, 0.717) is 10.1 Å². The first-order chi connectivity index (χ1) is 1.00. The van der Waals surface area contributed by atoms with Gasteiger partial charge in [0.15, 0.2) is 0 Å². The molecule has 0 rings (SSSR count). The molecule has 0 spiro atoms. The Morgan fingerprint density at radius 3 is 1.50 bits per heavy atom. The van der Waals surface area contributed by atoms with Crippen LogP contribution in [0.2, 0.25) is 0 Å². The second-order valence-corrected chi connectivity index (χ2v) is 0. The minimum Gasteiger partial charge on any atom is -1.00 e. The minimum absolute atomic E-state index is 0. The zero-order valence-electron chi connectivity index (χ0n) is 6.53. The molecule has 0 heterocycles. The van der Waals surface area contributed by atoms with E-state index in [4.69, 9.17) is 4.46 Å². The summed E-state index contributed by atoms with van der Waals surface area (Å²) in [5.41, 5.74) is 0. The SMILES string of the molecule is O=[SiH2].[Ca+2].[H-].[H-].[H-].[H-].[Mg+2]. The predicted molar refractivity (Wildman–Crippen MR) is 25.2 cm³/mol. The van der Waals surface area contributed by atoms with Gasteiger partial charge in [-0.25, -0.2) is 0 Å². The fraction of sp³-hybridized carbons (Fsp3) is 0. The average Bonchev–Trinajstić information content (AvgIpc) is 1.00. The summed E-state index contributed by atoms with van der Waals surface area (Å²) in [7, 11) is 0.611. The van der Waals surface area contributed by atoms with E-state index >= 15 is 0 Å². The van der Waals surface area contributed by atoms with Crippen molar-refractivity contribution in [3.05, 3.63) is 0 Å². The van der Waals surface area contributed by atoms with Crippen LogP contribution in [-0.4, -0.2) is 70.9 Å². The molecule has 0 bridgehead atoms. The number of hydrogen-bond acceptors (Lipinski definition) is 1. The van der Waals surface area contributed by atoms with Crippen LogP contribution in [0.25, 0.3) is 0 Å².